The summed E-state index contributed by atoms with van der Waals surface area (Å²) in [5, 5.41) is 11.2. The van der Waals surface area contributed by atoms with Crippen LogP contribution in [-0.4, -0.2) is 11.7 Å². The number of hydrogen-bond donors (Lipinski definition) is 2. The van der Waals surface area contributed by atoms with Crippen molar-refractivity contribution >= 4 is 5.69 Å². The Labute approximate surface area is 97.9 Å². The molecule has 0 fully saturated rings. The lowest BCUT2D eigenvalue weighted by molar-refractivity contribution is 0.473. The molecule has 1 aromatic rings. The van der Waals surface area contributed by atoms with Crippen LogP contribution < -0.4 is 10.9 Å². The van der Waals surface area contributed by atoms with Gasteiger partial charge in [-0.3, -0.25) is 0 Å². The number of nitrogens with zero attached hydrogens (tertiary/aromatic N) is 1. The van der Waals surface area contributed by atoms with Crippen molar-refractivity contribution in [2.75, 3.05) is 11.6 Å². The van der Waals surface area contributed by atoms with Gasteiger partial charge in [-0.05, 0) is 18.6 Å². The smallest absolute Gasteiger partial charge is 0.140 e. The third kappa shape index (κ3) is 4.11. The van der Waals surface area contributed by atoms with Crippen molar-refractivity contribution in [3.05, 3.63) is 24.3 Å². The summed E-state index contributed by atoms with van der Waals surface area (Å²) in [5.74, 6) is 6.13. The molecule has 0 aromatic heterocycles. The van der Waals surface area contributed by atoms with Crippen LogP contribution in [0.25, 0.3) is 0 Å². The lowest BCUT2D eigenvalue weighted by Gasteiger charge is -2.19. The van der Waals surface area contributed by atoms with E-state index in [-0.39, 0.29) is 5.75 Å². The first-order chi connectivity index (χ1) is 7.75. The average molecular weight is 222 g/mol. The van der Waals surface area contributed by atoms with Gasteiger partial charge in [-0.25, -0.2) is 5.84 Å². The minimum Gasteiger partial charge on any atom is -0.506 e. The van der Waals surface area contributed by atoms with Crippen LogP contribution in [0, 0.1) is 0 Å². The summed E-state index contributed by atoms with van der Waals surface area (Å²) in [6, 6.07) is 7.17. The zero-order valence-corrected chi connectivity index (χ0v) is 10.0. The lowest BCUT2D eigenvalue weighted by Crippen LogP contribution is -2.31. The van der Waals surface area contributed by atoms with Gasteiger partial charge in [-0.15, -0.1) is 0 Å². The molecule has 16 heavy (non-hydrogen) atoms. The third-order valence-electron chi connectivity index (χ3n) is 2.69. The molecule has 0 amide bonds. The molecule has 0 unspecified atom stereocenters. The molecular formula is C13H22N2O. The van der Waals surface area contributed by atoms with Crippen molar-refractivity contribution in [3.63, 3.8) is 0 Å². The number of phenols is 1. The van der Waals surface area contributed by atoms with Crippen LogP contribution in [0.4, 0.5) is 5.69 Å². The van der Waals surface area contributed by atoms with E-state index in [9.17, 15) is 5.11 Å². The predicted molar refractivity (Wildman–Crippen MR) is 68.4 cm³/mol. The summed E-state index contributed by atoms with van der Waals surface area (Å²) in [5.41, 5.74) is 0.706. The fourth-order valence-corrected chi connectivity index (χ4v) is 1.71. The molecule has 3 N–H and O–H groups in total. The number of hydrogen-bond acceptors (Lipinski definition) is 3. The average Bonchev–Trinajstić information content (AvgIpc) is 2.29. The number of hydrazine groups is 1. The first kappa shape index (κ1) is 12.8. The quantitative estimate of drug-likeness (QED) is 0.423. The Hall–Kier alpha value is -1.22. The van der Waals surface area contributed by atoms with E-state index in [0.717, 1.165) is 13.0 Å². The first-order valence-corrected chi connectivity index (χ1v) is 6.06. The van der Waals surface area contributed by atoms with E-state index in [1.165, 1.54) is 25.7 Å². The topological polar surface area (TPSA) is 49.5 Å². The minimum atomic E-state index is 0.249. The highest BCUT2D eigenvalue weighted by Gasteiger charge is 2.05. The van der Waals surface area contributed by atoms with E-state index >= 15 is 0 Å². The van der Waals surface area contributed by atoms with Crippen molar-refractivity contribution in [2.45, 2.75) is 39.0 Å². The molecule has 3 heteroatoms. The molecule has 0 aliphatic carbocycles. The maximum Gasteiger partial charge on any atom is 0.140 e. The second-order valence-electron chi connectivity index (χ2n) is 4.10. The largest absolute Gasteiger partial charge is 0.506 e. The van der Waals surface area contributed by atoms with Crippen molar-refractivity contribution in [2.24, 2.45) is 5.84 Å². The molecule has 0 saturated carbocycles. The summed E-state index contributed by atoms with van der Waals surface area (Å²) in [6.07, 6.45) is 6.10. The standard InChI is InChI=1S/C13H22N2O/c1-2-3-4-5-8-11-15(14)12-9-6-7-10-13(12)16/h6-7,9-10,16H,2-5,8,11,14H2,1H3. The van der Waals surface area contributed by atoms with Crippen LogP contribution in [0.15, 0.2) is 24.3 Å². The van der Waals surface area contributed by atoms with Gasteiger partial charge in [0.25, 0.3) is 0 Å². The fraction of sp³-hybridized carbons (Fsp3) is 0.538. The summed E-state index contributed by atoms with van der Waals surface area (Å²) in [4.78, 5) is 0. The van der Waals surface area contributed by atoms with Crippen LogP contribution in [0.3, 0.4) is 0 Å². The predicted octanol–water partition coefficient (Wildman–Crippen LogP) is 3.04. The van der Waals surface area contributed by atoms with Crippen molar-refractivity contribution in [1.29, 1.82) is 0 Å². The molecule has 0 aliphatic heterocycles. The Bertz CT molecular complexity index is 302. The van der Waals surface area contributed by atoms with Gasteiger partial charge < -0.3 is 10.1 Å². The van der Waals surface area contributed by atoms with E-state index in [4.69, 9.17) is 5.84 Å². The second-order valence-corrected chi connectivity index (χ2v) is 4.10. The number of aromatic hydroxyl groups is 1. The number of nitrogens with two attached hydrogens (primary N) is 1. The molecule has 0 spiro atoms. The number of phenolic OH excluding ortho intramolecular Hbond substituents is 1. The number of para-hydroxylation sites is 2. The zero-order valence-electron chi connectivity index (χ0n) is 10.0. The van der Waals surface area contributed by atoms with Gasteiger partial charge in [0.05, 0.1) is 5.69 Å². The van der Waals surface area contributed by atoms with E-state index in [0.29, 0.717) is 5.69 Å². The second kappa shape index (κ2) is 7.12. The van der Waals surface area contributed by atoms with Crippen molar-refractivity contribution in [3.8, 4) is 5.75 Å². The van der Waals surface area contributed by atoms with Crippen LogP contribution >= 0.6 is 0 Å². The molecule has 90 valence electrons. The molecule has 0 heterocycles. The first-order valence-electron chi connectivity index (χ1n) is 6.06. The molecule has 1 aromatic carbocycles. The summed E-state index contributed by atoms with van der Waals surface area (Å²) >= 11 is 0. The Morgan fingerprint density at radius 2 is 1.81 bits per heavy atom. The number of benzene rings is 1. The Kier molecular flexibility index (Phi) is 5.72. The molecule has 0 bridgehead atoms. The monoisotopic (exact) mass is 222 g/mol. The summed E-state index contributed by atoms with van der Waals surface area (Å²) in [6.45, 7) is 3.00. The molecule has 0 atom stereocenters. The maximum atomic E-state index is 9.60. The van der Waals surface area contributed by atoms with Gasteiger partial charge >= 0.3 is 0 Å². The maximum absolute atomic E-state index is 9.60. The number of unbranched alkanes of at least 4 members (excludes halogenated alkanes) is 4. The van der Waals surface area contributed by atoms with Crippen LogP contribution in [0.2, 0.25) is 0 Å². The number of anilines is 1. The van der Waals surface area contributed by atoms with E-state index in [1.54, 1.807) is 17.1 Å². The third-order valence-corrected chi connectivity index (χ3v) is 2.69. The van der Waals surface area contributed by atoms with Gasteiger partial charge in [-0.1, -0.05) is 44.7 Å². The van der Waals surface area contributed by atoms with Gasteiger partial charge in [0.1, 0.15) is 5.75 Å². The number of rotatable bonds is 7. The van der Waals surface area contributed by atoms with Crippen LogP contribution in [-0.2, 0) is 0 Å². The normalized spacial score (nSPS) is 10.4. The molecule has 0 aliphatic rings. The molecule has 0 radical (unpaired) electrons. The highest BCUT2D eigenvalue weighted by Crippen LogP contribution is 2.24. The van der Waals surface area contributed by atoms with Crippen molar-refractivity contribution < 1.29 is 5.11 Å². The Morgan fingerprint density at radius 3 is 2.50 bits per heavy atom. The Balaban J connectivity index is 2.30. The zero-order chi connectivity index (χ0) is 11.8. The van der Waals surface area contributed by atoms with Gasteiger partial charge in [0, 0.05) is 6.54 Å². The van der Waals surface area contributed by atoms with E-state index in [1.807, 2.05) is 12.1 Å². The van der Waals surface area contributed by atoms with Gasteiger partial charge in [0.15, 0.2) is 0 Å². The molecule has 3 nitrogen and oxygen atoms in total. The fourth-order valence-electron chi connectivity index (χ4n) is 1.71. The van der Waals surface area contributed by atoms with E-state index in [2.05, 4.69) is 6.92 Å². The lowest BCUT2D eigenvalue weighted by atomic mass is 10.1. The highest BCUT2D eigenvalue weighted by molar-refractivity contribution is 5.56. The molecule has 1 rings (SSSR count). The van der Waals surface area contributed by atoms with Gasteiger partial charge in [0.2, 0.25) is 0 Å². The van der Waals surface area contributed by atoms with E-state index < -0.39 is 0 Å². The Morgan fingerprint density at radius 1 is 1.12 bits per heavy atom. The summed E-state index contributed by atoms with van der Waals surface area (Å²) in [7, 11) is 0. The highest BCUT2D eigenvalue weighted by atomic mass is 16.3. The van der Waals surface area contributed by atoms with Crippen LogP contribution in [0.5, 0.6) is 5.75 Å². The minimum absolute atomic E-state index is 0.249. The summed E-state index contributed by atoms with van der Waals surface area (Å²) < 4.78 is 0. The van der Waals surface area contributed by atoms with Crippen molar-refractivity contribution in [1.82, 2.24) is 0 Å². The van der Waals surface area contributed by atoms with Gasteiger partial charge in [-0.2, -0.15) is 0 Å². The van der Waals surface area contributed by atoms with Crippen LogP contribution in [0.1, 0.15) is 39.0 Å². The molecular weight excluding hydrogens is 200 g/mol. The SMILES string of the molecule is CCCCCCCN(N)c1ccccc1O. The molecule has 0 saturated heterocycles.